The van der Waals surface area contributed by atoms with Crippen LogP contribution in [0.25, 0.3) is 0 Å². The molecule has 3 heterocycles. The molecule has 0 bridgehead atoms. The summed E-state index contributed by atoms with van der Waals surface area (Å²) in [5.74, 6) is 1.42. The van der Waals surface area contributed by atoms with Crippen molar-refractivity contribution >= 4 is 11.7 Å². The lowest BCUT2D eigenvalue weighted by Crippen LogP contribution is -2.43. The maximum Gasteiger partial charge on any atom is 0.314 e. The van der Waals surface area contributed by atoms with Crippen molar-refractivity contribution in [1.29, 1.82) is 0 Å². The molecule has 0 spiro atoms. The van der Waals surface area contributed by atoms with Gasteiger partial charge in [-0.2, -0.15) is 0 Å². The summed E-state index contributed by atoms with van der Waals surface area (Å²) in [6.45, 7) is 5.45. The van der Waals surface area contributed by atoms with E-state index in [4.69, 9.17) is 4.42 Å². The molecule has 0 saturated carbocycles. The van der Waals surface area contributed by atoms with Gasteiger partial charge in [0, 0.05) is 31.9 Å². The summed E-state index contributed by atoms with van der Waals surface area (Å²) in [6.07, 6.45) is 5.24. The zero-order chi connectivity index (χ0) is 19.2. The second-order valence-corrected chi connectivity index (χ2v) is 7.80. The average Bonchev–Trinajstić information content (AvgIpc) is 3.50. The summed E-state index contributed by atoms with van der Waals surface area (Å²) in [5.41, 5.74) is 1.27. The van der Waals surface area contributed by atoms with E-state index in [2.05, 4.69) is 44.7 Å². The normalized spacial score (nSPS) is 21.0. The smallest absolute Gasteiger partial charge is 0.314 e. The van der Waals surface area contributed by atoms with Gasteiger partial charge < -0.3 is 20.0 Å². The van der Waals surface area contributed by atoms with E-state index >= 15 is 0 Å². The number of nitrogens with zero attached hydrogens (tertiary/aromatic N) is 2. The third kappa shape index (κ3) is 4.68. The summed E-state index contributed by atoms with van der Waals surface area (Å²) >= 11 is 0. The molecule has 2 aliphatic rings. The summed E-state index contributed by atoms with van der Waals surface area (Å²) in [7, 11) is 0. The Morgan fingerprint density at radius 3 is 2.64 bits per heavy atom. The van der Waals surface area contributed by atoms with Crippen molar-refractivity contribution in [3.05, 3.63) is 54.5 Å². The molecule has 2 amide bonds. The van der Waals surface area contributed by atoms with Gasteiger partial charge in [0.05, 0.1) is 12.3 Å². The number of urea groups is 1. The number of anilines is 1. The van der Waals surface area contributed by atoms with Crippen LogP contribution in [0.5, 0.6) is 0 Å². The van der Waals surface area contributed by atoms with Crippen molar-refractivity contribution in [3.63, 3.8) is 0 Å². The molecule has 150 valence electrons. The molecule has 2 aliphatic heterocycles. The lowest BCUT2D eigenvalue weighted by atomic mass is 10.1. The fourth-order valence-corrected chi connectivity index (χ4v) is 4.31. The topological polar surface area (TPSA) is 60.8 Å². The van der Waals surface area contributed by atoms with E-state index in [1.165, 1.54) is 18.5 Å². The van der Waals surface area contributed by atoms with Gasteiger partial charge in [-0.15, -0.1) is 0 Å². The molecule has 2 fully saturated rings. The molecule has 6 heteroatoms. The molecule has 28 heavy (non-hydrogen) atoms. The highest BCUT2D eigenvalue weighted by molar-refractivity contribution is 5.73. The van der Waals surface area contributed by atoms with Crippen LogP contribution in [0.3, 0.4) is 0 Å². The fraction of sp³-hybridized carbons (Fsp3) is 0.500. The van der Waals surface area contributed by atoms with Gasteiger partial charge in [0.25, 0.3) is 0 Å². The number of para-hydroxylation sites is 1. The Hall–Kier alpha value is -2.47. The Morgan fingerprint density at radius 2 is 1.89 bits per heavy atom. The van der Waals surface area contributed by atoms with E-state index in [-0.39, 0.29) is 12.1 Å². The maximum atomic E-state index is 12.4. The number of carbonyl (C=O) groups excluding carboxylic acids is 1. The van der Waals surface area contributed by atoms with Crippen LogP contribution in [0, 0.1) is 5.92 Å². The molecule has 1 aromatic carbocycles. The van der Waals surface area contributed by atoms with E-state index in [0.29, 0.717) is 19.0 Å². The molecule has 0 aliphatic carbocycles. The third-order valence-electron chi connectivity index (χ3n) is 5.87. The fourth-order valence-electron chi connectivity index (χ4n) is 4.31. The van der Waals surface area contributed by atoms with E-state index in [0.717, 1.165) is 38.4 Å². The number of furan rings is 1. The van der Waals surface area contributed by atoms with Crippen LogP contribution >= 0.6 is 0 Å². The van der Waals surface area contributed by atoms with Crippen LogP contribution in [0.15, 0.2) is 53.1 Å². The minimum absolute atomic E-state index is 0.0890. The first-order chi connectivity index (χ1) is 13.8. The lowest BCUT2D eigenvalue weighted by molar-refractivity contribution is 0.203. The first-order valence-electron chi connectivity index (χ1n) is 10.4. The van der Waals surface area contributed by atoms with E-state index < -0.39 is 0 Å². The van der Waals surface area contributed by atoms with Crippen molar-refractivity contribution < 1.29 is 9.21 Å². The minimum atomic E-state index is -0.0890. The average molecular weight is 383 g/mol. The van der Waals surface area contributed by atoms with Crippen LogP contribution in [-0.4, -0.2) is 50.2 Å². The molecule has 0 radical (unpaired) electrons. The Kier molecular flexibility index (Phi) is 6.17. The Labute approximate surface area is 166 Å². The van der Waals surface area contributed by atoms with Gasteiger partial charge in [-0.3, -0.25) is 4.90 Å². The molecule has 2 saturated heterocycles. The van der Waals surface area contributed by atoms with Gasteiger partial charge in [0.2, 0.25) is 0 Å². The van der Waals surface area contributed by atoms with Crippen LogP contribution in [0.2, 0.25) is 0 Å². The number of carbonyl (C=O) groups is 1. The highest BCUT2D eigenvalue weighted by Gasteiger charge is 2.26. The Morgan fingerprint density at radius 1 is 1.07 bits per heavy atom. The highest BCUT2D eigenvalue weighted by atomic mass is 16.3. The van der Waals surface area contributed by atoms with Gasteiger partial charge in [-0.1, -0.05) is 18.2 Å². The predicted molar refractivity (Wildman–Crippen MR) is 110 cm³/mol. The SMILES string of the molecule is O=C(NCC1CCN(c2ccccc2)C1)NCC(c1ccco1)N1CCCC1. The van der Waals surface area contributed by atoms with E-state index in [1.54, 1.807) is 6.26 Å². The molecule has 2 aromatic rings. The lowest BCUT2D eigenvalue weighted by Gasteiger charge is -2.26. The zero-order valence-corrected chi connectivity index (χ0v) is 16.3. The van der Waals surface area contributed by atoms with Crippen molar-refractivity contribution in [2.75, 3.05) is 44.2 Å². The van der Waals surface area contributed by atoms with Gasteiger partial charge in [-0.25, -0.2) is 4.79 Å². The standard InChI is InChI=1S/C22H30N4O2/c27-22(23-15-18-10-13-26(17-18)19-7-2-1-3-8-19)24-16-20(21-9-6-14-28-21)25-11-4-5-12-25/h1-3,6-9,14,18,20H,4-5,10-13,15-17H2,(H2,23,24,27). The number of hydrogen-bond acceptors (Lipinski definition) is 4. The van der Waals surface area contributed by atoms with E-state index in [1.807, 2.05) is 18.2 Å². The number of hydrogen-bond donors (Lipinski definition) is 2. The van der Waals surface area contributed by atoms with Gasteiger partial charge in [0.1, 0.15) is 5.76 Å². The minimum Gasteiger partial charge on any atom is -0.468 e. The second kappa shape index (κ2) is 9.15. The van der Waals surface area contributed by atoms with E-state index in [9.17, 15) is 4.79 Å². The first kappa shape index (κ1) is 18.9. The zero-order valence-electron chi connectivity index (χ0n) is 16.3. The van der Waals surface area contributed by atoms with Gasteiger partial charge in [-0.05, 0) is 62.5 Å². The molecule has 2 N–H and O–H groups in total. The van der Waals surface area contributed by atoms with Crippen LogP contribution < -0.4 is 15.5 Å². The van der Waals surface area contributed by atoms with Gasteiger partial charge >= 0.3 is 6.03 Å². The molecular formula is C22H30N4O2. The predicted octanol–water partition coefficient (Wildman–Crippen LogP) is 3.24. The number of likely N-dealkylation sites (tertiary alicyclic amines) is 1. The largest absolute Gasteiger partial charge is 0.468 e. The van der Waals surface area contributed by atoms with Gasteiger partial charge in [0.15, 0.2) is 0 Å². The number of amides is 2. The first-order valence-corrected chi connectivity index (χ1v) is 10.4. The second-order valence-electron chi connectivity index (χ2n) is 7.80. The third-order valence-corrected chi connectivity index (χ3v) is 5.87. The Bertz CT molecular complexity index is 728. The number of rotatable bonds is 7. The van der Waals surface area contributed by atoms with Crippen molar-refractivity contribution in [2.45, 2.75) is 25.3 Å². The number of benzene rings is 1. The summed E-state index contributed by atoms with van der Waals surface area (Å²) in [6, 6.07) is 14.4. The molecule has 2 atom stereocenters. The summed E-state index contributed by atoms with van der Waals surface area (Å²) in [4.78, 5) is 17.1. The van der Waals surface area contributed by atoms with Crippen molar-refractivity contribution in [1.82, 2.24) is 15.5 Å². The monoisotopic (exact) mass is 382 g/mol. The van der Waals surface area contributed by atoms with Crippen LogP contribution in [-0.2, 0) is 0 Å². The molecule has 4 rings (SSSR count). The highest BCUT2D eigenvalue weighted by Crippen LogP contribution is 2.25. The summed E-state index contributed by atoms with van der Waals surface area (Å²) in [5, 5.41) is 6.11. The summed E-state index contributed by atoms with van der Waals surface area (Å²) < 4.78 is 5.62. The Balaban J connectivity index is 1.22. The quantitative estimate of drug-likeness (QED) is 0.772. The van der Waals surface area contributed by atoms with Crippen LogP contribution in [0.1, 0.15) is 31.1 Å². The van der Waals surface area contributed by atoms with Crippen molar-refractivity contribution in [3.8, 4) is 0 Å². The maximum absolute atomic E-state index is 12.4. The molecular weight excluding hydrogens is 352 g/mol. The van der Waals surface area contributed by atoms with Crippen LogP contribution in [0.4, 0.5) is 10.5 Å². The van der Waals surface area contributed by atoms with Crippen molar-refractivity contribution in [2.24, 2.45) is 5.92 Å². The number of nitrogens with one attached hydrogen (secondary N) is 2. The molecule has 1 aromatic heterocycles. The molecule has 2 unspecified atom stereocenters. The molecule has 6 nitrogen and oxygen atoms in total.